The maximum absolute atomic E-state index is 10.8. The predicted octanol–water partition coefficient (Wildman–Crippen LogP) is -0.444. The maximum Gasteiger partial charge on any atom is 0.330 e. The molecule has 0 aromatic heterocycles. The molecule has 11 heavy (non-hydrogen) atoms. The number of carbonyl (C=O) groups is 2. The van der Waals surface area contributed by atoms with Gasteiger partial charge in [0.2, 0.25) is 5.91 Å². The van der Waals surface area contributed by atoms with E-state index in [1.165, 1.54) is 18.1 Å². The quantitative estimate of drug-likeness (QED) is 0.308. The fourth-order valence-corrected chi connectivity index (χ4v) is 0.838. The molecule has 1 saturated heterocycles. The number of hydrogen-bond acceptors (Lipinski definition) is 3. The van der Waals surface area contributed by atoms with Crippen LogP contribution in [0.2, 0.25) is 0 Å². The number of methoxy groups -OCH3 is 1. The van der Waals surface area contributed by atoms with Crippen LogP contribution in [0.5, 0.6) is 0 Å². The van der Waals surface area contributed by atoms with Crippen LogP contribution in [0.15, 0.2) is 12.7 Å². The van der Waals surface area contributed by atoms with Gasteiger partial charge in [0, 0.05) is 0 Å². The number of amides is 1. The zero-order valence-corrected chi connectivity index (χ0v) is 6.24. The number of ether oxygens (including phenoxy) is 1. The van der Waals surface area contributed by atoms with E-state index in [1.807, 2.05) is 0 Å². The molecule has 0 aromatic rings. The number of rotatable bonds is 2. The number of nitrogens with zero attached hydrogens (tertiary/aromatic N) is 1. The molecule has 4 heteroatoms. The molecular weight excluding hydrogens is 146 g/mol. The van der Waals surface area contributed by atoms with Gasteiger partial charge in [-0.15, -0.1) is 0 Å². The molecular formula is C7H9NO3. The van der Waals surface area contributed by atoms with E-state index < -0.39 is 0 Å². The van der Waals surface area contributed by atoms with Crippen molar-refractivity contribution in [3.05, 3.63) is 12.7 Å². The monoisotopic (exact) mass is 155 g/mol. The summed E-state index contributed by atoms with van der Waals surface area (Å²) in [5.41, 5.74) is 0. The van der Waals surface area contributed by atoms with Crippen LogP contribution in [0, 0.1) is 0 Å². The molecule has 1 amide bonds. The van der Waals surface area contributed by atoms with Crippen LogP contribution in [0.25, 0.3) is 0 Å². The minimum Gasteiger partial charge on any atom is -0.467 e. The van der Waals surface area contributed by atoms with Crippen LogP contribution < -0.4 is 0 Å². The lowest BCUT2D eigenvalue weighted by atomic mass is 10.5. The Kier molecular flexibility index (Phi) is 1.94. The summed E-state index contributed by atoms with van der Waals surface area (Å²) in [4.78, 5) is 22.9. The van der Waals surface area contributed by atoms with Crippen molar-refractivity contribution in [2.24, 2.45) is 0 Å². The second-order valence-corrected chi connectivity index (χ2v) is 2.23. The van der Waals surface area contributed by atoms with Crippen molar-refractivity contribution in [3.63, 3.8) is 0 Å². The maximum atomic E-state index is 10.8. The molecule has 1 rings (SSSR count). The van der Waals surface area contributed by atoms with Gasteiger partial charge in [-0.2, -0.15) is 0 Å². The number of hydrogen-bond donors (Lipinski definition) is 0. The van der Waals surface area contributed by atoms with Gasteiger partial charge in [0.15, 0.2) is 0 Å². The Morgan fingerprint density at radius 2 is 2.36 bits per heavy atom. The molecule has 0 saturated carbocycles. The lowest BCUT2D eigenvalue weighted by Gasteiger charge is -1.97. The van der Waals surface area contributed by atoms with Gasteiger partial charge in [0.1, 0.15) is 6.04 Å². The van der Waals surface area contributed by atoms with E-state index in [-0.39, 0.29) is 17.9 Å². The zero-order valence-electron chi connectivity index (χ0n) is 6.24. The first-order chi connectivity index (χ1) is 5.20. The van der Waals surface area contributed by atoms with Crippen molar-refractivity contribution in [1.29, 1.82) is 0 Å². The van der Waals surface area contributed by atoms with Gasteiger partial charge in [-0.05, 0) is 6.08 Å². The first-order valence-corrected chi connectivity index (χ1v) is 3.21. The van der Waals surface area contributed by atoms with Crippen molar-refractivity contribution in [3.8, 4) is 0 Å². The average molecular weight is 155 g/mol. The van der Waals surface area contributed by atoms with Gasteiger partial charge in [-0.3, -0.25) is 4.79 Å². The van der Waals surface area contributed by atoms with Crippen LogP contribution in [0.1, 0.15) is 0 Å². The van der Waals surface area contributed by atoms with E-state index in [0.717, 1.165) is 0 Å². The highest BCUT2D eigenvalue weighted by molar-refractivity contribution is 5.95. The lowest BCUT2D eigenvalue weighted by Crippen LogP contribution is -2.17. The summed E-state index contributed by atoms with van der Waals surface area (Å²) < 4.78 is 4.43. The van der Waals surface area contributed by atoms with Gasteiger partial charge < -0.3 is 9.64 Å². The van der Waals surface area contributed by atoms with Crippen molar-refractivity contribution in [2.45, 2.75) is 6.04 Å². The third-order valence-corrected chi connectivity index (χ3v) is 1.54. The Balaban J connectivity index is 2.43. The third kappa shape index (κ3) is 1.39. The molecule has 1 heterocycles. The molecule has 1 aliphatic heterocycles. The summed E-state index contributed by atoms with van der Waals surface area (Å²) in [7, 11) is 1.30. The van der Waals surface area contributed by atoms with Gasteiger partial charge in [0.25, 0.3) is 0 Å². The molecule has 0 radical (unpaired) electrons. The SMILES string of the molecule is C=CC(=O)N1CC1C(=O)OC. The summed E-state index contributed by atoms with van der Waals surface area (Å²) in [6, 6.07) is -0.370. The molecule has 1 fully saturated rings. The Hall–Kier alpha value is -1.32. The van der Waals surface area contributed by atoms with Crippen molar-refractivity contribution < 1.29 is 14.3 Å². The minimum atomic E-state index is -0.370. The lowest BCUT2D eigenvalue weighted by molar-refractivity contribution is -0.142. The molecule has 0 aliphatic carbocycles. The fourth-order valence-electron chi connectivity index (χ4n) is 0.838. The summed E-state index contributed by atoms with van der Waals surface area (Å²) in [6.07, 6.45) is 1.18. The molecule has 1 atom stereocenters. The highest BCUT2D eigenvalue weighted by atomic mass is 16.5. The van der Waals surface area contributed by atoms with Crippen LogP contribution in [0.3, 0.4) is 0 Å². The van der Waals surface area contributed by atoms with Crippen LogP contribution in [-0.2, 0) is 14.3 Å². The van der Waals surface area contributed by atoms with Crippen LogP contribution in [-0.4, -0.2) is 36.5 Å². The Labute approximate surface area is 64.4 Å². The second-order valence-electron chi connectivity index (χ2n) is 2.23. The highest BCUT2D eigenvalue weighted by Crippen LogP contribution is 2.18. The molecule has 0 spiro atoms. The van der Waals surface area contributed by atoms with Gasteiger partial charge in [0.05, 0.1) is 13.7 Å². The van der Waals surface area contributed by atoms with E-state index in [9.17, 15) is 9.59 Å². The van der Waals surface area contributed by atoms with Gasteiger partial charge >= 0.3 is 5.97 Å². The first kappa shape index (κ1) is 7.78. The Bertz CT molecular complexity index is 212. The largest absolute Gasteiger partial charge is 0.467 e. The molecule has 1 unspecified atom stereocenters. The molecule has 4 nitrogen and oxygen atoms in total. The zero-order chi connectivity index (χ0) is 8.43. The molecule has 1 aliphatic rings. The van der Waals surface area contributed by atoms with Crippen LogP contribution in [0.4, 0.5) is 0 Å². The fraction of sp³-hybridized carbons (Fsp3) is 0.429. The Morgan fingerprint density at radius 1 is 1.73 bits per heavy atom. The topological polar surface area (TPSA) is 46.4 Å². The Morgan fingerprint density at radius 3 is 2.82 bits per heavy atom. The van der Waals surface area contributed by atoms with E-state index in [2.05, 4.69) is 11.3 Å². The normalized spacial score (nSPS) is 20.8. The molecule has 0 bridgehead atoms. The van der Waals surface area contributed by atoms with E-state index in [0.29, 0.717) is 6.54 Å². The first-order valence-electron chi connectivity index (χ1n) is 3.21. The minimum absolute atomic E-state index is 0.222. The van der Waals surface area contributed by atoms with Gasteiger partial charge in [-0.25, -0.2) is 4.79 Å². The summed E-state index contributed by atoms with van der Waals surface area (Å²) in [5.74, 6) is -0.583. The molecule has 0 N–H and O–H groups in total. The smallest absolute Gasteiger partial charge is 0.330 e. The summed E-state index contributed by atoms with van der Waals surface area (Å²) in [5, 5.41) is 0. The van der Waals surface area contributed by atoms with Crippen molar-refractivity contribution in [2.75, 3.05) is 13.7 Å². The van der Waals surface area contributed by atoms with Crippen molar-refractivity contribution in [1.82, 2.24) is 4.90 Å². The van der Waals surface area contributed by atoms with Gasteiger partial charge in [-0.1, -0.05) is 6.58 Å². The van der Waals surface area contributed by atoms with E-state index in [1.54, 1.807) is 0 Å². The summed E-state index contributed by atoms with van der Waals surface area (Å²) in [6.45, 7) is 3.75. The van der Waals surface area contributed by atoms with E-state index in [4.69, 9.17) is 0 Å². The van der Waals surface area contributed by atoms with Crippen LogP contribution >= 0.6 is 0 Å². The third-order valence-electron chi connectivity index (χ3n) is 1.54. The van der Waals surface area contributed by atoms with E-state index >= 15 is 0 Å². The number of esters is 1. The average Bonchev–Trinajstić information content (AvgIpc) is 2.80. The molecule has 0 aromatic carbocycles. The van der Waals surface area contributed by atoms with Crippen molar-refractivity contribution >= 4 is 11.9 Å². The predicted molar refractivity (Wildman–Crippen MR) is 37.7 cm³/mol. The molecule has 60 valence electrons. The summed E-state index contributed by atoms with van der Waals surface area (Å²) >= 11 is 0. The standard InChI is InChI=1S/C7H9NO3/c1-3-6(9)8-4-5(8)7(10)11-2/h3,5H,1,4H2,2H3. The number of carbonyl (C=O) groups excluding carboxylic acids is 2. The highest BCUT2D eigenvalue weighted by Gasteiger charge is 2.43. The second kappa shape index (κ2) is 2.74.